The Balaban J connectivity index is 1.69. The molecule has 4 aromatic rings. The van der Waals surface area contributed by atoms with Gasteiger partial charge in [-0.2, -0.15) is 0 Å². The summed E-state index contributed by atoms with van der Waals surface area (Å²) in [6, 6.07) is 12.1. The summed E-state index contributed by atoms with van der Waals surface area (Å²) in [5, 5.41) is 6.33. The molecule has 0 radical (unpaired) electrons. The molecular weight excluding hydrogens is 294 g/mol. The Bertz CT molecular complexity index is 926. The van der Waals surface area contributed by atoms with Crippen molar-refractivity contribution in [3.05, 3.63) is 60.1 Å². The van der Waals surface area contributed by atoms with E-state index in [0.717, 1.165) is 33.4 Å². The number of nitrogens with zero attached hydrogens (tertiary/aromatic N) is 4. The molecule has 0 aliphatic heterocycles. The zero-order chi connectivity index (χ0) is 14.9. The van der Waals surface area contributed by atoms with Crippen molar-refractivity contribution < 1.29 is 0 Å². The molecule has 1 N–H and O–H groups in total. The van der Waals surface area contributed by atoms with Gasteiger partial charge in [-0.1, -0.05) is 18.2 Å². The molecule has 0 amide bonds. The van der Waals surface area contributed by atoms with Gasteiger partial charge in [0.2, 0.25) is 0 Å². The van der Waals surface area contributed by atoms with Gasteiger partial charge in [0, 0.05) is 5.69 Å². The van der Waals surface area contributed by atoms with E-state index in [9.17, 15) is 0 Å². The third-order valence-corrected chi connectivity index (χ3v) is 4.13. The van der Waals surface area contributed by atoms with Crippen molar-refractivity contribution in [2.45, 2.75) is 6.92 Å². The van der Waals surface area contributed by atoms with Crippen molar-refractivity contribution in [1.29, 1.82) is 0 Å². The lowest BCUT2D eigenvalue weighted by Crippen LogP contribution is -1.97. The average molecular weight is 307 g/mol. The molecular formula is C16H13N5S. The first-order valence-electron chi connectivity index (χ1n) is 6.88. The van der Waals surface area contributed by atoms with Gasteiger partial charge in [-0.15, -0.1) is 11.3 Å². The second-order valence-electron chi connectivity index (χ2n) is 4.89. The molecule has 0 bridgehead atoms. The molecule has 0 atom stereocenters. The van der Waals surface area contributed by atoms with Crippen molar-refractivity contribution in [2.75, 3.05) is 5.32 Å². The molecule has 3 heterocycles. The Morgan fingerprint density at radius 3 is 2.82 bits per heavy atom. The van der Waals surface area contributed by atoms with Crippen LogP contribution in [0.25, 0.3) is 15.9 Å². The molecule has 5 nitrogen and oxygen atoms in total. The molecule has 3 aromatic heterocycles. The summed E-state index contributed by atoms with van der Waals surface area (Å²) in [5.41, 5.74) is 1.07. The van der Waals surface area contributed by atoms with Crippen molar-refractivity contribution in [2.24, 2.45) is 0 Å². The summed E-state index contributed by atoms with van der Waals surface area (Å²) in [7, 11) is 0. The van der Waals surface area contributed by atoms with Gasteiger partial charge in [-0.25, -0.2) is 15.0 Å². The Kier molecular flexibility index (Phi) is 3.08. The van der Waals surface area contributed by atoms with Crippen LogP contribution in [0, 0.1) is 6.92 Å². The molecule has 22 heavy (non-hydrogen) atoms. The van der Waals surface area contributed by atoms with E-state index < -0.39 is 0 Å². The van der Waals surface area contributed by atoms with E-state index in [2.05, 4.69) is 20.3 Å². The SMILES string of the molecule is Cc1nc(Nc2cn(-c3ccccc3)cn2)c2ccsc2n1. The fourth-order valence-corrected chi connectivity index (χ4v) is 3.12. The molecule has 0 unspecified atom stereocenters. The van der Waals surface area contributed by atoms with E-state index in [1.54, 1.807) is 17.7 Å². The first kappa shape index (κ1) is 13.0. The molecule has 0 aliphatic carbocycles. The minimum absolute atomic E-state index is 0.750. The number of aryl methyl sites for hydroxylation is 1. The zero-order valence-electron chi connectivity index (χ0n) is 11.9. The number of hydrogen-bond donors (Lipinski definition) is 1. The van der Waals surface area contributed by atoms with Crippen molar-refractivity contribution in [3.63, 3.8) is 0 Å². The number of fused-ring (bicyclic) bond motifs is 1. The lowest BCUT2D eigenvalue weighted by molar-refractivity contribution is 1.06. The highest BCUT2D eigenvalue weighted by Gasteiger charge is 2.09. The summed E-state index contributed by atoms with van der Waals surface area (Å²) < 4.78 is 1.97. The number of imidazole rings is 1. The maximum atomic E-state index is 4.49. The van der Waals surface area contributed by atoms with E-state index in [1.807, 2.05) is 59.5 Å². The van der Waals surface area contributed by atoms with E-state index in [0.29, 0.717) is 0 Å². The van der Waals surface area contributed by atoms with Crippen LogP contribution >= 0.6 is 11.3 Å². The minimum Gasteiger partial charge on any atom is -0.323 e. The van der Waals surface area contributed by atoms with E-state index in [1.165, 1.54) is 0 Å². The predicted octanol–water partition coefficient (Wildman–Crippen LogP) is 3.93. The lowest BCUT2D eigenvalue weighted by Gasteiger charge is -2.04. The second kappa shape index (κ2) is 5.23. The molecule has 0 fully saturated rings. The summed E-state index contributed by atoms with van der Waals surface area (Å²) in [4.78, 5) is 14.3. The maximum absolute atomic E-state index is 4.49. The minimum atomic E-state index is 0.750. The summed E-state index contributed by atoms with van der Waals surface area (Å²) in [6.07, 6.45) is 3.74. The third-order valence-electron chi connectivity index (χ3n) is 3.32. The highest BCUT2D eigenvalue weighted by Crippen LogP contribution is 2.27. The smallest absolute Gasteiger partial charge is 0.150 e. The summed E-state index contributed by atoms with van der Waals surface area (Å²) in [5.74, 6) is 2.30. The largest absolute Gasteiger partial charge is 0.323 e. The number of thiophene rings is 1. The van der Waals surface area contributed by atoms with Crippen molar-refractivity contribution in [3.8, 4) is 5.69 Å². The Morgan fingerprint density at radius 2 is 1.95 bits per heavy atom. The van der Waals surface area contributed by atoms with E-state index >= 15 is 0 Å². The van der Waals surface area contributed by atoms with Crippen molar-refractivity contribution in [1.82, 2.24) is 19.5 Å². The third kappa shape index (κ3) is 2.33. The quantitative estimate of drug-likeness (QED) is 0.623. The van der Waals surface area contributed by atoms with E-state index in [-0.39, 0.29) is 0 Å². The number of hydrogen-bond acceptors (Lipinski definition) is 5. The van der Waals surface area contributed by atoms with Crippen LogP contribution in [0.15, 0.2) is 54.3 Å². The van der Waals surface area contributed by atoms with Crippen LogP contribution in [0.2, 0.25) is 0 Å². The summed E-state index contributed by atoms with van der Waals surface area (Å²) in [6.45, 7) is 1.90. The van der Waals surface area contributed by atoms with Gasteiger partial charge in [0.25, 0.3) is 0 Å². The molecule has 108 valence electrons. The Morgan fingerprint density at radius 1 is 1.09 bits per heavy atom. The van der Waals surface area contributed by atoms with Gasteiger partial charge in [-0.05, 0) is 30.5 Å². The van der Waals surface area contributed by atoms with Gasteiger partial charge in [0.15, 0.2) is 0 Å². The monoisotopic (exact) mass is 307 g/mol. The molecule has 0 spiro atoms. The molecule has 4 rings (SSSR count). The fraction of sp³-hybridized carbons (Fsp3) is 0.0625. The molecule has 0 saturated carbocycles. The molecule has 1 aromatic carbocycles. The zero-order valence-corrected chi connectivity index (χ0v) is 12.7. The summed E-state index contributed by atoms with van der Waals surface area (Å²) >= 11 is 1.61. The number of rotatable bonds is 3. The predicted molar refractivity (Wildman–Crippen MR) is 89.0 cm³/mol. The van der Waals surface area contributed by atoms with Crippen LogP contribution in [-0.2, 0) is 0 Å². The van der Waals surface area contributed by atoms with Crippen LogP contribution in [0.4, 0.5) is 11.6 Å². The van der Waals surface area contributed by atoms with Crippen LogP contribution in [0.3, 0.4) is 0 Å². The second-order valence-corrected chi connectivity index (χ2v) is 5.78. The standard InChI is InChI=1S/C16H13N5S/c1-11-18-15(13-7-8-22-16(13)19-11)20-14-9-21(10-17-14)12-5-3-2-4-6-12/h2-10H,1H3,(H,18,19,20). The number of nitrogens with one attached hydrogen (secondary N) is 1. The lowest BCUT2D eigenvalue weighted by atomic mass is 10.3. The molecule has 0 aliphatic rings. The van der Waals surface area contributed by atoms with Crippen molar-refractivity contribution >= 4 is 33.2 Å². The number of benzene rings is 1. The van der Waals surface area contributed by atoms with Gasteiger partial charge in [0.1, 0.15) is 28.6 Å². The van der Waals surface area contributed by atoms with Crippen LogP contribution in [-0.4, -0.2) is 19.5 Å². The highest BCUT2D eigenvalue weighted by molar-refractivity contribution is 7.16. The normalized spacial score (nSPS) is 11.0. The van der Waals surface area contributed by atoms with Crippen LogP contribution < -0.4 is 5.32 Å². The average Bonchev–Trinajstić information content (AvgIpc) is 3.17. The van der Waals surface area contributed by atoms with Crippen LogP contribution in [0.1, 0.15) is 5.82 Å². The fourth-order valence-electron chi connectivity index (χ4n) is 2.31. The Labute approximate surface area is 131 Å². The molecule has 6 heteroatoms. The van der Waals surface area contributed by atoms with Gasteiger partial charge < -0.3 is 9.88 Å². The molecule has 0 saturated heterocycles. The number of anilines is 2. The van der Waals surface area contributed by atoms with Gasteiger partial charge in [0.05, 0.1) is 11.6 Å². The number of aromatic nitrogens is 4. The van der Waals surface area contributed by atoms with Gasteiger partial charge in [-0.3, -0.25) is 0 Å². The van der Waals surface area contributed by atoms with Gasteiger partial charge >= 0.3 is 0 Å². The topological polar surface area (TPSA) is 55.6 Å². The first-order chi connectivity index (χ1) is 10.8. The maximum Gasteiger partial charge on any atom is 0.150 e. The first-order valence-corrected chi connectivity index (χ1v) is 7.76. The highest BCUT2D eigenvalue weighted by atomic mass is 32.1. The number of para-hydroxylation sites is 1. The van der Waals surface area contributed by atoms with E-state index in [4.69, 9.17) is 0 Å². The van der Waals surface area contributed by atoms with Crippen LogP contribution in [0.5, 0.6) is 0 Å². The Hall–Kier alpha value is -2.73.